The summed E-state index contributed by atoms with van der Waals surface area (Å²) in [5.74, 6) is 0.963. The number of nitriles is 1. The quantitative estimate of drug-likeness (QED) is 0.558. The molecule has 0 bridgehead atoms. The van der Waals surface area contributed by atoms with Crippen molar-refractivity contribution in [3.05, 3.63) is 34.6 Å². The van der Waals surface area contributed by atoms with Crippen molar-refractivity contribution in [2.45, 2.75) is 51.2 Å². The Morgan fingerprint density at radius 2 is 2.00 bits per heavy atom. The van der Waals surface area contributed by atoms with E-state index in [9.17, 15) is 4.79 Å². The van der Waals surface area contributed by atoms with E-state index in [1.165, 1.54) is 11.8 Å². The van der Waals surface area contributed by atoms with Crippen molar-refractivity contribution < 1.29 is 0 Å². The first-order valence-electron chi connectivity index (χ1n) is 8.05. The second-order valence-corrected chi connectivity index (χ2v) is 7.15. The summed E-state index contributed by atoms with van der Waals surface area (Å²) in [4.78, 5) is 17.5. The monoisotopic (exact) mass is 329 g/mol. The molecule has 1 heterocycles. The summed E-state index contributed by atoms with van der Waals surface area (Å²) in [5, 5.41) is 10.1. The predicted molar refractivity (Wildman–Crippen MR) is 95.7 cm³/mol. The number of benzene rings is 1. The second kappa shape index (κ2) is 8.16. The molecule has 0 fully saturated rings. The van der Waals surface area contributed by atoms with Crippen LogP contribution < -0.4 is 5.56 Å². The van der Waals surface area contributed by atoms with E-state index in [1.807, 2.05) is 24.3 Å². The van der Waals surface area contributed by atoms with Gasteiger partial charge in [-0.2, -0.15) is 5.26 Å². The van der Waals surface area contributed by atoms with Crippen molar-refractivity contribution in [3.63, 3.8) is 0 Å². The van der Waals surface area contributed by atoms with Crippen LogP contribution in [0.3, 0.4) is 0 Å². The average molecular weight is 329 g/mol. The number of thioether (sulfide) groups is 1. The van der Waals surface area contributed by atoms with Crippen LogP contribution in [0.25, 0.3) is 10.9 Å². The normalized spacial score (nSPS) is 12.5. The number of hydrogen-bond acceptors (Lipinski definition) is 4. The van der Waals surface area contributed by atoms with Gasteiger partial charge in [0.15, 0.2) is 5.16 Å². The minimum Gasteiger partial charge on any atom is -0.284 e. The lowest BCUT2D eigenvalue weighted by Gasteiger charge is -2.19. The number of para-hydroxylation sites is 1. The Hall–Kier alpha value is -1.80. The molecule has 2 rings (SSSR count). The lowest BCUT2D eigenvalue weighted by atomic mass is 10.0. The van der Waals surface area contributed by atoms with Gasteiger partial charge in [0.2, 0.25) is 0 Å². The summed E-state index contributed by atoms with van der Waals surface area (Å²) in [6.07, 6.45) is 3.18. The molecule has 0 aliphatic rings. The Bertz CT molecular complexity index is 761. The van der Waals surface area contributed by atoms with Crippen molar-refractivity contribution in [1.29, 1.82) is 5.26 Å². The number of rotatable bonds is 7. The zero-order valence-corrected chi connectivity index (χ0v) is 14.8. The minimum atomic E-state index is -0.00640. The number of aromatic nitrogens is 2. The van der Waals surface area contributed by atoms with Gasteiger partial charge in [-0.1, -0.05) is 50.6 Å². The van der Waals surface area contributed by atoms with Crippen LogP contribution in [0.2, 0.25) is 0 Å². The van der Waals surface area contributed by atoms with E-state index >= 15 is 0 Å². The molecule has 0 saturated heterocycles. The van der Waals surface area contributed by atoms with E-state index in [2.05, 4.69) is 31.8 Å². The Kier molecular flexibility index (Phi) is 6.23. The molecule has 0 N–H and O–H groups in total. The van der Waals surface area contributed by atoms with E-state index in [0.29, 0.717) is 27.7 Å². The third-order valence-electron chi connectivity index (χ3n) is 3.89. The van der Waals surface area contributed by atoms with E-state index in [0.717, 1.165) is 19.3 Å². The van der Waals surface area contributed by atoms with Crippen LogP contribution >= 0.6 is 11.8 Å². The van der Waals surface area contributed by atoms with E-state index in [-0.39, 0.29) is 11.6 Å². The van der Waals surface area contributed by atoms with Crippen LogP contribution in [0.1, 0.15) is 46.1 Å². The summed E-state index contributed by atoms with van der Waals surface area (Å²) in [6, 6.07) is 9.61. The summed E-state index contributed by atoms with van der Waals surface area (Å²) < 4.78 is 1.77. The maximum Gasteiger partial charge on any atom is 0.262 e. The molecule has 1 atom stereocenters. The first-order chi connectivity index (χ1) is 11.0. The molecular weight excluding hydrogens is 306 g/mol. The van der Waals surface area contributed by atoms with Crippen molar-refractivity contribution in [2.75, 3.05) is 5.75 Å². The molecule has 4 nitrogen and oxygen atoms in total. The van der Waals surface area contributed by atoms with Crippen molar-refractivity contribution in [1.82, 2.24) is 9.55 Å². The summed E-state index contributed by atoms with van der Waals surface area (Å²) >= 11 is 1.33. The predicted octanol–water partition coefficient (Wildman–Crippen LogP) is 4.40. The van der Waals surface area contributed by atoms with Crippen LogP contribution in [0.4, 0.5) is 0 Å². The molecule has 0 aliphatic carbocycles. The molecule has 0 saturated carbocycles. The summed E-state index contributed by atoms with van der Waals surface area (Å²) in [5.41, 5.74) is 0.691. The van der Waals surface area contributed by atoms with Gasteiger partial charge < -0.3 is 0 Å². The molecule has 0 amide bonds. The average Bonchev–Trinajstić information content (AvgIpc) is 2.52. The number of fused-ring (bicyclic) bond motifs is 1. The van der Waals surface area contributed by atoms with Crippen LogP contribution in [-0.4, -0.2) is 15.3 Å². The molecule has 1 unspecified atom stereocenters. The lowest BCUT2D eigenvalue weighted by Crippen LogP contribution is -2.26. The van der Waals surface area contributed by atoms with E-state index < -0.39 is 0 Å². The highest BCUT2D eigenvalue weighted by Gasteiger charge is 2.16. The largest absolute Gasteiger partial charge is 0.284 e. The highest BCUT2D eigenvalue weighted by Crippen LogP contribution is 2.23. The topological polar surface area (TPSA) is 58.7 Å². The van der Waals surface area contributed by atoms with E-state index in [4.69, 9.17) is 5.26 Å². The SMILES string of the molecule is CC(C)CCCC(C)n1c(SCC#N)nc2ccccc2c1=O. The van der Waals surface area contributed by atoms with Gasteiger partial charge in [0, 0.05) is 6.04 Å². The molecule has 1 aromatic heterocycles. The van der Waals surface area contributed by atoms with Crippen LogP contribution in [-0.2, 0) is 0 Å². The maximum absolute atomic E-state index is 12.9. The molecule has 122 valence electrons. The van der Waals surface area contributed by atoms with Crippen LogP contribution in [0.5, 0.6) is 0 Å². The zero-order chi connectivity index (χ0) is 16.8. The molecule has 0 radical (unpaired) electrons. The smallest absolute Gasteiger partial charge is 0.262 e. The maximum atomic E-state index is 12.9. The fourth-order valence-electron chi connectivity index (χ4n) is 2.66. The minimum absolute atomic E-state index is 0.00640. The second-order valence-electron chi connectivity index (χ2n) is 6.21. The summed E-state index contributed by atoms with van der Waals surface area (Å²) in [7, 11) is 0. The molecule has 23 heavy (non-hydrogen) atoms. The van der Waals surface area contributed by atoms with Crippen LogP contribution in [0.15, 0.2) is 34.2 Å². The highest BCUT2D eigenvalue weighted by atomic mass is 32.2. The fourth-order valence-corrected chi connectivity index (χ4v) is 3.42. The number of nitrogens with zero attached hydrogens (tertiary/aromatic N) is 3. The Morgan fingerprint density at radius 1 is 1.26 bits per heavy atom. The summed E-state index contributed by atoms with van der Waals surface area (Å²) in [6.45, 7) is 6.49. The van der Waals surface area contributed by atoms with Crippen molar-refractivity contribution in [3.8, 4) is 6.07 Å². The first kappa shape index (κ1) is 17.6. The third kappa shape index (κ3) is 4.35. The van der Waals surface area contributed by atoms with Gasteiger partial charge in [0.1, 0.15) is 0 Å². The standard InChI is InChI=1S/C18H23N3OS/c1-13(2)7-6-8-14(3)21-17(22)15-9-4-5-10-16(15)20-18(21)23-12-11-19/h4-5,9-10,13-14H,6-8,12H2,1-3H3. The molecule has 5 heteroatoms. The van der Waals surface area contributed by atoms with Gasteiger partial charge in [-0.3, -0.25) is 9.36 Å². The fraction of sp³-hybridized carbons (Fsp3) is 0.500. The van der Waals surface area contributed by atoms with Crippen molar-refractivity contribution in [2.24, 2.45) is 5.92 Å². The molecule has 0 spiro atoms. The Labute approximate surface area is 141 Å². The van der Waals surface area contributed by atoms with Gasteiger partial charge in [-0.25, -0.2) is 4.98 Å². The highest BCUT2D eigenvalue weighted by molar-refractivity contribution is 7.99. The zero-order valence-electron chi connectivity index (χ0n) is 14.0. The Balaban J connectivity index is 2.40. The van der Waals surface area contributed by atoms with Gasteiger partial charge in [-0.05, 0) is 31.4 Å². The third-order valence-corrected chi connectivity index (χ3v) is 4.71. The molecule has 1 aromatic carbocycles. The van der Waals surface area contributed by atoms with Crippen LogP contribution in [0, 0.1) is 17.2 Å². The van der Waals surface area contributed by atoms with Gasteiger partial charge >= 0.3 is 0 Å². The van der Waals surface area contributed by atoms with Crippen molar-refractivity contribution >= 4 is 22.7 Å². The van der Waals surface area contributed by atoms with Gasteiger partial charge in [-0.15, -0.1) is 0 Å². The van der Waals surface area contributed by atoms with Gasteiger partial charge in [0.25, 0.3) is 5.56 Å². The molecule has 0 aliphatic heterocycles. The Morgan fingerprint density at radius 3 is 2.70 bits per heavy atom. The number of hydrogen-bond donors (Lipinski definition) is 0. The van der Waals surface area contributed by atoms with E-state index in [1.54, 1.807) is 4.57 Å². The van der Waals surface area contributed by atoms with Gasteiger partial charge in [0.05, 0.1) is 22.7 Å². The molecular formula is C18H23N3OS. The first-order valence-corrected chi connectivity index (χ1v) is 9.04. The molecule has 2 aromatic rings. The lowest BCUT2D eigenvalue weighted by molar-refractivity contribution is 0.414.